The van der Waals surface area contributed by atoms with E-state index in [0.29, 0.717) is 11.6 Å². The Bertz CT molecular complexity index is 827. The number of carbonyl (C=O) groups excluding carboxylic acids is 2. The zero-order valence-electron chi connectivity index (χ0n) is 19.3. The number of aryl methyl sites for hydroxylation is 1. The molecule has 6 nitrogen and oxygen atoms in total. The Morgan fingerprint density at radius 3 is 2.45 bits per heavy atom. The minimum absolute atomic E-state index is 0.448. The number of primary amides is 1. The maximum atomic E-state index is 12.3. The molecule has 0 aliphatic rings. The molecule has 0 saturated carbocycles. The highest BCUT2D eigenvalue weighted by molar-refractivity contribution is 8.02. The van der Waals surface area contributed by atoms with Gasteiger partial charge in [0, 0.05) is 11.9 Å². The Morgan fingerprint density at radius 1 is 1.13 bits per heavy atom. The highest BCUT2D eigenvalue weighted by Crippen LogP contribution is 2.17. The second-order valence-corrected chi connectivity index (χ2v) is 8.88. The molecule has 0 bridgehead atoms. The lowest BCUT2D eigenvalue weighted by Gasteiger charge is -2.17. The van der Waals surface area contributed by atoms with E-state index >= 15 is 0 Å². The monoisotopic (exact) mass is 444 g/mol. The number of allylic oxidation sites excluding steroid dienone is 5. The van der Waals surface area contributed by atoms with Crippen LogP contribution in [0.15, 0.2) is 52.6 Å². The summed E-state index contributed by atoms with van der Waals surface area (Å²) in [6.45, 7) is 10.5. The number of amides is 3. The van der Waals surface area contributed by atoms with E-state index < -0.39 is 18.0 Å². The number of rotatable bonds is 12. The lowest BCUT2D eigenvalue weighted by molar-refractivity contribution is -0.120. The first kappa shape index (κ1) is 26.5. The molecular weight excluding hydrogens is 408 g/mol. The van der Waals surface area contributed by atoms with Crippen molar-refractivity contribution in [2.45, 2.75) is 66.3 Å². The van der Waals surface area contributed by atoms with Crippen molar-refractivity contribution in [3.05, 3.63) is 58.2 Å². The first-order valence-electron chi connectivity index (χ1n) is 10.5. The van der Waals surface area contributed by atoms with Gasteiger partial charge >= 0.3 is 6.03 Å². The van der Waals surface area contributed by atoms with Gasteiger partial charge in [-0.3, -0.25) is 10.1 Å². The molecule has 3 amide bonds. The number of pyridine rings is 1. The number of nitrogens with one attached hydrogen (secondary N) is 2. The molecule has 0 saturated heterocycles. The zero-order valence-corrected chi connectivity index (χ0v) is 20.1. The molecule has 0 aliphatic heterocycles. The number of imide groups is 1. The Kier molecular flexibility index (Phi) is 12.4. The summed E-state index contributed by atoms with van der Waals surface area (Å²) in [6.07, 6.45) is 10.4. The van der Waals surface area contributed by atoms with Crippen molar-refractivity contribution in [3.8, 4) is 0 Å². The summed E-state index contributed by atoms with van der Waals surface area (Å²) in [5, 5.41) is 7.31. The number of hydrogen-bond donors (Lipinski definition) is 3. The topological polar surface area (TPSA) is 97.1 Å². The molecule has 0 spiro atoms. The molecule has 170 valence electrons. The van der Waals surface area contributed by atoms with Crippen LogP contribution in [0.5, 0.6) is 0 Å². The molecular formula is C24H36N4O2S. The van der Waals surface area contributed by atoms with Crippen LogP contribution in [0.4, 0.5) is 10.6 Å². The van der Waals surface area contributed by atoms with Crippen LogP contribution in [0.25, 0.3) is 0 Å². The summed E-state index contributed by atoms with van der Waals surface area (Å²) in [5.74, 6) is 0.563. The Morgan fingerprint density at radius 2 is 1.81 bits per heavy atom. The number of thioether (sulfide) groups is 1. The molecule has 0 radical (unpaired) electrons. The molecule has 4 N–H and O–H groups in total. The largest absolute Gasteiger partial charge is 0.358 e. The molecule has 0 aromatic carbocycles. The highest BCUT2D eigenvalue weighted by Gasteiger charge is 2.20. The fourth-order valence-corrected chi connectivity index (χ4v) is 3.69. The van der Waals surface area contributed by atoms with Crippen LogP contribution in [0, 0.1) is 6.92 Å². The lowest BCUT2D eigenvalue weighted by atomic mass is 10.1. The van der Waals surface area contributed by atoms with Gasteiger partial charge in [0.25, 0.3) is 5.91 Å². The summed E-state index contributed by atoms with van der Waals surface area (Å²) in [5.41, 5.74) is 10.2. The van der Waals surface area contributed by atoms with E-state index in [-0.39, 0.29) is 0 Å². The summed E-state index contributed by atoms with van der Waals surface area (Å²) in [7, 11) is 0. The van der Waals surface area contributed by atoms with Crippen molar-refractivity contribution < 1.29 is 9.59 Å². The Labute approximate surface area is 190 Å². The van der Waals surface area contributed by atoms with Gasteiger partial charge in [-0.15, -0.1) is 11.8 Å². The highest BCUT2D eigenvalue weighted by atomic mass is 32.2. The summed E-state index contributed by atoms with van der Waals surface area (Å²) < 4.78 is 0. The first-order valence-corrected chi connectivity index (χ1v) is 11.6. The summed E-state index contributed by atoms with van der Waals surface area (Å²) >= 11 is 1.53. The van der Waals surface area contributed by atoms with Crippen LogP contribution in [0.3, 0.4) is 0 Å². The first-order chi connectivity index (χ1) is 14.7. The second-order valence-electron chi connectivity index (χ2n) is 7.98. The predicted octanol–water partition coefficient (Wildman–Crippen LogP) is 5.48. The van der Waals surface area contributed by atoms with Gasteiger partial charge in [0.1, 0.15) is 11.9 Å². The fraction of sp³-hybridized carbons (Fsp3) is 0.458. The average Bonchev–Trinajstić information content (AvgIpc) is 2.66. The maximum absolute atomic E-state index is 12.3. The molecule has 0 fully saturated rings. The van der Waals surface area contributed by atoms with Crippen molar-refractivity contribution >= 4 is 29.5 Å². The number of anilines is 1. The van der Waals surface area contributed by atoms with Gasteiger partial charge in [-0.05, 0) is 83.4 Å². The number of urea groups is 1. The number of carbonyl (C=O) groups is 2. The van der Waals surface area contributed by atoms with E-state index in [1.54, 1.807) is 6.20 Å². The third-order valence-electron chi connectivity index (χ3n) is 4.47. The van der Waals surface area contributed by atoms with Crippen molar-refractivity contribution in [2.75, 3.05) is 11.1 Å². The second kappa shape index (κ2) is 14.5. The minimum atomic E-state index is -0.863. The molecule has 1 aromatic heterocycles. The van der Waals surface area contributed by atoms with Gasteiger partial charge in [-0.2, -0.15) is 0 Å². The Balaban J connectivity index is 2.58. The SMILES string of the molecule is CC(C)=CCCC(C)=CCCC(C)=CSCC(Nc1cc(C)ccn1)C(=O)NC(N)=O. The van der Waals surface area contributed by atoms with Crippen LogP contribution in [-0.2, 0) is 4.79 Å². The van der Waals surface area contributed by atoms with Crippen LogP contribution in [0.1, 0.15) is 58.9 Å². The maximum Gasteiger partial charge on any atom is 0.318 e. The number of nitrogens with zero attached hydrogens (tertiary/aromatic N) is 1. The van der Waals surface area contributed by atoms with Crippen molar-refractivity contribution in [1.29, 1.82) is 0 Å². The van der Waals surface area contributed by atoms with Crippen molar-refractivity contribution in [3.63, 3.8) is 0 Å². The van der Waals surface area contributed by atoms with Crippen molar-refractivity contribution in [1.82, 2.24) is 10.3 Å². The van der Waals surface area contributed by atoms with E-state index in [0.717, 1.165) is 31.2 Å². The summed E-state index contributed by atoms with van der Waals surface area (Å²) in [6, 6.07) is 2.23. The molecule has 1 aromatic rings. The Hall–Kier alpha value is -2.54. The third-order valence-corrected chi connectivity index (χ3v) is 5.57. The zero-order chi connectivity index (χ0) is 23.2. The van der Waals surface area contributed by atoms with Crippen LogP contribution in [0.2, 0.25) is 0 Å². The minimum Gasteiger partial charge on any atom is -0.358 e. The smallest absolute Gasteiger partial charge is 0.318 e. The van der Waals surface area contributed by atoms with E-state index in [1.807, 2.05) is 19.1 Å². The van der Waals surface area contributed by atoms with Gasteiger partial charge in [0.05, 0.1) is 0 Å². The normalized spacial score (nSPS) is 12.8. The third kappa shape index (κ3) is 12.7. The van der Waals surface area contributed by atoms with Gasteiger partial charge in [0.15, 0.2) is 0 Å². The molecule has 31 heavy (non-hydrogen) atoms. The van der Waals surface area contributed by atoms with E-state index in [9.17, 15) is 9.59 Å². The van der Waals surface area contributed by atoms with Gasteiger partial charge in [-0.1, -0.05) is 28.9 Å². The summed E-state index contributed by atoms with van der Waals surface area (Å²) in [4.78, 5) is 27.7. The standard InChI is InChI=1S/C24H36N4O2S/c1-17(2)8-6-9-18(3)10-7-11-20(5)15-31-16-21(23(29)28-24(25)30)27-22-14-19(4)12-13-26-22/h8,10,12-15,21H,6-7,9,11,16H2,1-5H3,(H,26,27)(H3,25,28,29,30). The van der Waals surface area contributed by atoms with E-state index in [4.69, 9.17) is 5.73 Å². The van der Waals surface area contributed by atoms with E-state index in [1.165, 1.54) is 28.5 Å². The molecule has 1 atom stereocenters. The number of aromatic nitrogens is 1. The van der Waals surface area contributed by atoms with Crippen LogP contribution >= 0.6 is 11.8 Å². The van der Waals surface area contributed by atoms with E-state index in [2.05, 4.69) is 60.9 Å². The quantitative estimate of drug-likeness (QED) is 0.371. The number of hydrogen-bond acceptors (Lipinski definition) is 5. The number of nitrogens with two attached hydrogens (primary N) is 1. The predicted molar refractivity (Wildman–Crippen MR) is 132 cm³/mol. The van der Waals surface area contributed by atoms with Crippen LogP contribution in [-0.4, -0.2) is 28.7 Å². The molecule has 0 aliphatic carbocycles. The van der Waals surface area contributed by atoms with Crippen molar-refractivity contribution in [2.24, 2.45) is 5.73 Å². The van der Waals surface area contributed by atoms with Crippen LogP contribution < -0.4 is 16.4 Å². The molecule has 1 heterocycles. The van der Waals surface area contributed by atoms with Gasteiger partial charge in [-0.25, -0.2) is 9.78 Å². The van der Waals surface area contributed by atoms with Gasteiger partial charge in [0.2, 0.25) is 0 Å². The molecule has 7 heteroatoms. The fourth-order valence-electron chi connectivity index (χ4n) is 2.77. The lowest BCUT2D eigenvalue weighted by Crippen LogP contribution is -2.46. The molecule has 1 unspecified atom stereocenters. The van der Waals surface area contributed by atoms with Gasteiger partial charge < -0.3 is 11.1 Å². The molecule has 1 rings (SSSR count). The average molecular weight is 445 g/mol.